The van der Waals surface area contributed by atoms with Crippen molar-refractivity contribution in [3.63, 3.8) is 0 Å². The minimum Gasteiger partial charge on any atom is -0.497 e. The van der Waals surface area contributed by atoms with Gasteiger partial charge < -0.3 is 9.15 Å². The number of nitrogens with zero attached hydrogens (tertiary/aromatic N) is 2. The average Bonchev–Trinajstić information content (AvgIpc) is 3.18. The lowest BCUT2D eigenvalue weighted by Gasteiger charge is -2.00. The van der Waals surface area contributed by atoms with Gasteiger partial charge in [-0.2, -0.15) is 9.36 Å². The highest BCUT2D eigenvalue weighted by atomic mass is 32.1. The Morgan fingerprint density at radius 1 is 1.33 bits per heavy atom. The maximum Gasteiger partial charge on any atom is 0.293 e. The van der Waals surface area contributed by atoms with E-state index in [4.69, 9.17) is 9.15 Å². The van der Waals surface area contributed by atoms with E-state index >= 15 is 0 Å². The number of carbonyl (C=O) groups is 1. The number of furan rings is 1. The number of carbonyl (C=O) groups excluding carboxylic acids is 1. The SMILES string of the molecule is COc1cccc(-c2nsc(NC(=O)c3ccco3)n2)c1. The van der Waals surface area contributed by atoms with Crippen molar-refractivity contribution in [1.29, 1.82) is 0 Å². The van der Waals surface area contributed by atoms with E-state index in [-0.39, 0.29) is 11.7 Å². The van der Waals surface area contributed by atoms with E-state index in [0.717, 1.165) is 22.8 Å². The maximum absolute atomic E-state index is 11.8. The van der Waals surface area contributed by atoms with Gasteiger partial charge in [0.1, 0.15) is 5.75 Å². The lowest BCUT2D eigenvalue weighted by Crippen LogP contribution is -2.10. The lowest BCUT2D eigenvalue weighted by atomic mass is 10.2. The molecule has 1 aromatic carbocycles. The Bertz CT molecular complexity index is 752. The molecule has 0 spiro atoms. The maximum atomic E-state index is 11.8. The minimum atomic E-state index is -0.353. The summed E-state index contributed by atoms with van der Waals surface area (Å²) in [7, 11) is 1.60. The minimum absolute atomic E-state index is 0.230. The number of nitrogens with one attached hydrogen (secondary N) is 1. The normalized spacial score (nSPS) is 10.3. The molecule has 3 rings (SSSR count). The fourth-order valence-electron chi connectivity index (χ4n) is 1.72. The molecule has 3 aromatic rings. The highest BCUT2D eigenvalue weighted by molar-refractivity contribution is 7.10. The van der Waals surface area contributed by atoms with Crippen molar-refractivity contribution in [2.24, 2.45) is 0 Å². The molecule has 21 heavy (non-hydrogen) atoms. The molecule has 2 aromatic heterocycles. The highest BCUT2D eigenvalue weighted by Gasteiger charge is 2.13. The number of hydrogen-bond acceptors (Lipinski definition) is 6. The molecular weight excluding hydrogens is 290 g/mol. The molecule has 6 nitrogen and oxygen atoms in total. The molecule has 0 bridgehead atoms. The summed E-state index contributed by atoms with van der Waals surface area (Å²) in [4.78, 5) is 16.1. The molecule has 106 valence electrons. The predicted molar refractivity (Wildman–Crippen MR) is 78.6 cm³/mol. The molecule has 0 atom stereocenters. The summed E-state index contributed by atoms with van der Waals surface area (Å²) in [5.74, 6) is 1.14. The summed E-state index contributed by atoms with van der Waals surface area (Å²) in [6.45, 7) is 0. The van der Waals surface area contributed by atoms with Crippen molar-refractivity contribution in [3.05, 3.63) is 48.4 Å². The van der Waals surface area contributed by atoms with Gasteiger partial charge in [0.2, 0.25) is 5.13 Å². The van der Waals surface area contributed by atoms with Crippen LogP contribution in [0.3, 0.4) is 0 Å². The molecule has 1 N–H and O–H groups in total. The third kappa shape index (κ3) is 2.92. The molecule has 0 radical (unpaired) electrons. The summed E-state index contributed by atoms with van der Waals surface area (Å²) in [6, 6.07) is 10.6. The number of methoxy groups -OCH3 is 1. The van der Waals surface area contributed by atoms with Crippen LogP contribution >= 0.6 is 11.5 Å². The second kappa shape index (κ2) is 5.76. The van der Waals surface area contributed by atoms with Crippen molar-refractivity contribution in [2.45, 2.75) is 0 Å². The van der Waals surface area contributed by atoms with Crippen molar-refractivity contribution in [2.75, 3.05) is 12.4 Å². The van der Waals surface area contributed by atoms with Gasteiger partial charge in [-0.15, -0.1) is 0 Å². The van der Waals surface area contributed by atoms with E-state index in [1.165, 1.54) is 6.26 Å². The van der Waals surface area contributed by atoms with Crippen LogP contribution in [0.15, 0.2) is 47.1 Å². The summed E-state index contributed by atoms with van der Waals surface area (Å²) in [5, 5.41) is 3.06. The number of aromatic nitrogens is 2. The van der Waals surface area contributed by atoms with Gasteiger partial charge in [0.15, 0.2) is 11.6 Å². The van der Waals surface area contributed by atoms with E-state index in [1.54, 1.807) is 19.2 Å². The largest absolute Gasteiger partial charge is 0.497 e. The third-order valence-corrected chi connectivity index (χ3v) is 3.35. The molecule has 1 amide bonds. The molecule has 0 aliphatic rings. The molecule has 0 saturated carbocycles. The summed E-state index contributed by atoms with van der Waals surface area (Å²) in [5.41, 5.74) is 0.823. The van der Waals surface area contributed by atoms with E-state index in [9.17, 15) is 4.79 Å². The first-order chi connectivity index (χ1) is 10.3. The number of anilines is 1. The molecule has 0 aliphatic heterocycles. The summed E-state index contributed by atoms with van der Waals surface area (Å²) in [6.07, 6.45) is 1.44. The Labute approximate surface area is 124 Å². The van der Waals surface area contributed by atoms with E-state index in [2.05, 4.69) is 14.7 Å². The number of hydrogen-bond donors (Lipinski definition) is 1. The van der Waals surface area contributed by atoms with Crippen LogP contribution in [0.4, 0.5) is 5.13 Å². The predicted octanol–water partition coefficient (Wildman–Crippen LogP) is 3.06. The Hall–Kier alpha value is -2.67. The molecule has 0 fully saturated rings. The van der Waals surface area contributed by atoms with Crippen LogP contribution in [-0.2, 0) is 0 Å². The third-order valence-electron chi connectivity index (χ3n) is 2.72. The van der Waals surface area contributed by atoms with Crippen LogP contribution in [-0.4, -0.2) is 22.4 Å². The zero-order chi connectivity index (χ0) is 14.7. The Balaban J connectivity index is 1.78. The summed E-state index contributed by atoms with van der Waals surface area (Å²) >= 11 is 1.11. The van der Waals surface area contributed by atoms with E-state index in [0.29, 0.717) is 11.0 Å². The first-order valence-corrected chi connectivity index (χ1v) is 6.86. The molecule has 0 unspecified atom stereocenters. The molecule has 0 saturated heterocycles. The zero-order valence-electron chi connectivity index (χ0n) is 11.1. The van der Waals surface area contributed by atoms with Gasteiger partial charge >= 0.3 is 0 Å². The molecular formula is C14H11N3O3S. The smallest absolute Gasteiger partial charge is 0.293 e. The first kappa shape index (κ1) is 13.3. The van der Waals surface area contributed by atoms with Crippen LogP contribution < -0.4 is 10.1 Å². The fraction of sp³-hybridized carbons (Fsp3) is 0.0714. The summed E-state index contributed by atoms with van der Waals surface area (Å²) < 4.78 is 14.4. The van der Waals surface area contributed by atoms with Crippen molar-refractivity contribution in [3.8, 4) is 17.1 Å². The number of benzene rings is 1. The van der Waals surface area contributed by atoms with Gasteiger partial charge in [-0.05, 0) is 24.3 Å². The Morgan fingerprint density at radius 2 is 2.24 bits per heavy atom. The molecule has 7 heteroatoms. The van der Waals surface area contributed by atoms with Crippen LogP contribution in [0.2, 0.25) is 0 Å². The van der Waals surface area contributed by atoms with Gasteiger partial charge in [-0.25, -0.2) is 0 Å². The van der Waals surface area contributed by atoms with Gasteiger partial charge in [0.05, 0.1) is 13.4 Å². The quantitative estimate of drug-likeness (QED) is 0.801. The van der Waals surface area contributed by atoms with Crippen LogP contribution in [0.1, 0.15) is 10.6 Å². The second-order valence-electron chi connectivity index (χ2n) is 4.09. The molecule has 2 heterocycles. The van der Waals surface area contributed by atoms with Gasteiger partial charge in [0.25, 0.3) is 5.91 Å². The standard InChI is InChI=1S/C14H11N3O3S/c1-19-10-5-2-4-9(8-10)12-15-14(21-17-12)16-13(18)11-6-3-7-20-11/h2-8H,1H3,(H,15,16,17,18). The van der Waals surface area contributed by atoms with Gasteiger partial charge in [0, 0.05) is 17.1 Å². The molecule has 0 aliphatic carbocycles. The average molecular weight is 301 g/mol. The van der Waals surface area contributed by atoms with E-state index in [1.807, 2.05) is 24.3 Å². The van der Waals surface area contributed by atoms with Crippen LogP contribution in [0.5, 0.6) is 5.75 Å². The topological polar surface area (TPSA) is 77.2 Å². The van der Waals surface area contributed by atoms with Crippen molar-refractivity contribution >= 4 is 22.6 Å². The highest BCUT2D eigenvalue weighted by Crippen LogP contribution is 2.24. The Kier molecular flexibility index (Phi) is 3.65. The van der Waals surface area contributed by atoms with Gasteiger partial charge in [-0.3, -0.25) is 10.1 Å². The lowest BCUT2D eigenvalue weighted by molar-refractivity contribution is 0.0996. The number of ether oxygens (including phenoxy) is 1. The second-order valence-corrected chi connectivity index (χ2v) is 4.84. The monoisotopic (exact) mass is 301 g/mol. The fourth-order valence-corrected chi connectivity index (χ4v) is 2.30. The Morgan fingerprint density at radius 3 is 3.00 bits per heavy atom. The van der Waals surface area contributed by atoms with Crippen molar-refractivity contribution < 1.29 is 13.9 Å². The first-order valence-electron chi connectivity index (χ1n) is 6.09. The number of amides is 1. The zero-order valence-corrected chi connectivity index (χ0v) is 11.9. The van der Waals surface area contributed by atoms with Crippen LogP contribution in [0.25, 0.3) is 11.4 Å². The van der Waals surface area contributed by atoms with E-state index < -0.39 is 0 Å². The number of rotatable bonds is 4. The van der Waals surface area contributed by atoms with Crippen LogP contribution in [0, 0.1) is 0 Å². The van der Waals surface area contributed by atoms with Crippen molar-refractivity contribution in [1.82, 2.24) is 9.36 Å². The van der Waals surface area contributed by atoms with Gasteiger partial charge in [-0.1, -0.05) is 12.1 Å².